The molecular weight excluding hydrogens is 265 g/mol. The highest BCUT2D eigenvalue weighted by atomic mass is 127. The topological polar surface area (TPSA) is 23.1 Å². The third-order valence-corrected chi connectivity index (χ3v) is 2.88. The van der Waals surface area contributed by atoms with Gasteiger partial charge in [0.05, 0.1) is 5.54 Å². The van der Waals surface area contributed by atoms with Crippen LogP contribution >= 0.6 is 22.6 Å². The van der Waals surface area contributed by atoms with Gasteiger partial charge in [-0.25, -0.2) is 0 Å². The Bertz CT molecular complexity index is 221. The summed E-state index contributed by atoms with van der Waals surface area (Å²) in [6.45, 7) is 7.90. The van der Waals surface area contributed by atoms with Crippen molar-refractivity contribution in [3.8, 4) is 0 Å². The first kappa shape index (κ1) is 10.5. The fraction of sp³-hybridized carbons (Fsp3) is 0.778. The normalized spacial score (nSPS) is 28.3. The first-order chi connectivity index (χ1) is 5.26. The molecule has 1 radical (unpaired) electrons. The van der Waals surface area contributed by atoms with Crippen LogP contribution in [0.5, 0.6) is 0 Å². The van der Waals surface area contributed by atoms with Gasteiger partial charge in [-0.05, 0) is 60.3 Å². The van der Waals surface area contributed by atoms with Crippen LogP contribution in [0.2, 0.25) is 0 Å². The maximum absolute atomic E-state index is 11.8. The Balaban J connectivity index is 3.02. The van der Waals surface area contributed by atoms with Crippen LogP contribution in [0.1, 0.15) is 34.1 Å². The van der Waals surface area contributed by atoms with Crippen molar-refractivity contribution in [2.75, 3.05) is 0 Å². The van der Waals surface area contributed by atoms with Gasteiger partial charge >= 0.3 is 0 Å². The molecule has 0 fully saturated rings. The number of hydrogen-bond acceptors (Lipinski definition) is 1. The lowest BCUT2D eigenvalue weighted by Gasteiger charge is -2.44. The van der Waals surface area contributed by atoms with Crippen LogP contribution in [0, 0.1) is 0 Å². The molecule has 0 aromatic carbocycles. The molecule has 0 amide bonds. The van der Waals surface area contributed by atoms with Crippen molar-refractivity contribution in [3.63, 3.8) is 0 Å². The van der Waals surface area contributed by atoms with Gasteiger partial charge in [-0.3, -0.25) is 0 Å². The van der Waals surface area contributed by atoms with Crippen molar-refractivity contribution >= 4 is 22.6 Å². The molecule has 0 aromatic heterocycles. The van der Waals surface area contributed by atoms with E-state index in [9.17, 15) is 5.21 Å². The molecule has 1 aliphatic heterocycles. The van der Waals surface area contributed by atoms with Gasteiger partial charge in [-0.2, -0.15) is 0 Å². The van der Waals surface area contributed by atoms with E-state index in [0.717, 1.165) is 6.42 Å². The summed E-state index contributed by atoms with van der Waals surface area (Å²) in [5.74, 6) is 0. The maximum atomic E-state index is 11.8. The lowest BCUT2D eigenvalue weighted by Crippen LogP contribution is -2.54. The van der Waals surface area contributed by atoms with Crippen LogP contribution in [-0.2, 0) is 5.21 Å². The lowest BCUT2D eigenvalue weighted by atomic mass is 9.88. The number of nitrogens with zero attached hydrogens (tertiary/aromatic N) is 1. The van der Waals surface area contributed by atoms with Crippen molar-refractivity contribution in [2.24, 2.45) is 0 Å². The third-order valence-electron chi connectivity index (χ3n) is 2.18. The predicted octanol–water partition coefficient (Wildman–Crippen LogP) is 2.91. The first-order valence-electron chi connectivity index (χ1n) is 4.10. The third kappa shape index (κ3) is 1.83. The van der Waals surface area contributed by atoms with Crippen molar-refractivity contribution in [2.45, 2.75) is 45.2 Å². The molecule has 0 bridgehead atoms. The molecule has 0 atom stereocenters. The highest BCUT2D eigenvalue weighted by Gasteiger charge is 2.41. The molecule has 1 heterocycles. The zero-order chi connectivity index (χ0) is 9.57. The van der Waals surface area contributed by atoms with Gasteiger partial charge in [0.25, 0.3) is 0 Å². The van der Waals surface area contributed by atoms with Crippen molar-refractivity contribution in [1.29, 1.82) is 0 Å². The molecule has 69 valence electrons. The van der Waals surface area contributed by atoms with Gasteiger partial charge in [-0.15, -0.1) is 10.3 Å². The van der Waals surface area contributed by atoms with Gasteiger partial charge in [0, 0.05) is 5.54 Å². The molecular formula is C9H15INO. The smallest absolute Gasteiger partial charge is 0.0633 e. The summed E-state index contributed by atoms with van der Waals surface area (Å²) in [5, 5.41) is 13.0. The van der Waals surface area contributed by atoms with Crippen LogP contribution in [0.3, 0.4) is 0 Å². The Labute approximate surface area is 87.7 Å². The van der Waals surface area contributed by atoms with E-state index < -0.39 is 0 Å². The second-order valence-corrected chi connectivity index (χ2v) is 5.91. The Morgan fingerprint density at radius 1 is 1.42 bits per heavy atom. The summed E-state index contributed by atoms with van der Waals surface area (Å²) in [4.78, 5) is 0. The van der Waals surface area contributed by atoms with Crippen LogP contribution in [0.25, 0.3) is 0 Å². The molecule has 1 aliphatic rings. The SMILES string of the molecule is CC1(C)C=C(I)CC(C)(C)N1[O]. The van der Waals surface area contributed by atoms with Gasteiger partial charge < -0.3 is 0 Å². The molecule has 1 rings (SSSR count). The lowest BCUT2D eigenvalue weighted by molar-refractivity contribution is -0.262. The van der Waals surface area contributed by atoms with Crippen LogP contribution in [0.15, 0.2) is 9.66 Å². The fourth-order valence-corrected chi connectivity index (χ4v) is 3.45. The minimum absolute atomic E-state index is 0.255. The molecule has 0 saturated heterocycles. The maximum Gasteiger partial charge on any atom is 0.0633 e. The van der Waals surface area contributed by atoms with E-state index in [0.29, 0.717) is 0 Å². The van der Waals surface area contributed by atoms with Crippen LogP contribution in [0.4, 0.5) is 0 Å². The first-order valence-corrected chi connectivity index (χ1v) is 5.18. The molecule has 0 N–H and O–H groups in total. The summed E-state index contributed by atoms with van der Waals surface area (Å²) in [6.07, 6.45) is 2.91. The second-order valence-electron chi connectivity index (χ2n) is 4.53. The molecule has 3 heteroatoms. The number of rotatable bonds is 0. The number of hydrogen-bond donors (Lipinski definition) is 0. The summed E-state index contributed by atoms with van der Waals surface area (Å²) < 4.78 is 1.29. The summed E-state index contributed by atoms with van der Waals surface area (Å²) >= 11 is 2.31. The van der Waals surface area contributed by atoms with E-state index >= 15 is 0 Å². The molecule has 0 saturated carbocycles. The molecule has 0 aromatic rings. The van der Waals surface area contributed by atoms with E-state index in [-0.39, 0.29) is 11.1 Å². The monoisotopic (exact) mass is 280 g/mol. The van der Waals surface area contributed by atoms with E-state index in [2.05, 4.69) is 22.6 Å². The minimum atomic E-state index is -0.349. The molecule has 2 nitrogen and oxygen atoms in total. The quantitative estimate of drug-likeness (QED) is 0.626. The summed E-state index contributed by atoms with van der Waals surface area (Å²) in [5.41, 5.74) is -0.604. The molecule has 0 aliphatic carbocycles. The van der Waals surface area contributed by atoms with E-state index in [1.165, 1.54) is 8.64 Å². The van der Waals surface area contributed by atoms with Gasteiger partial charge in [0.2, 0.25) is 0 Å². The molecule has 0 spiro atoms. The molecule has 0 unspecified atom stereocenters. The average molecular weight is 280 g/mol. The standard InChI is InChI=1S/C9H15INO/c1-8(2)5-7(10)6-9(3,4)11(8)12/h5H,6H2,1-4H3. The van der Waals surface area contributed by atoms with E-state index in [1.54, 1.807) is 0 Å². The van der Waals surface area contributed by atoms with Gasteiger partial charge in [0.1, 0.15) is 0 Å². The van der Waals surface area contributed by atoms with E-state index in [4.69, 9.17) is 0 Å². The Morgan fingerprint density at radius 3 is 2.33 bits per heavy atom. The van der Waals surface area contributed by atoms with Gasteiger partial charge in [-0.1, -0.05) is 6.08 Å². The van der Waals surface area contributed by atoms with Crippen LogP contribution in [-0.4, -0.2) is 16.1 Å². The van der Waals surface area contributed by atoms with E-state index in [1.807, 2.05) is 33.8 Å². The summed E-state index contributed by atoms with van der Waals surface area (Å²) in [7, 11) is 0. The highest BCUT2D eigenvalue weighted by molar-refractivity contribution is 14.1. The summed E-state index contributed by atoms with van der Waals surface area (Å²) in [6, 6.07) is 0. The minimum Gasteiger partial charge on any atom is -0.140 e. The van der Waals surface area contributed by atoms with Crippen molar-refractivity contribution < 1.29 is 5.21 Å². The van der Waals surface area contributed by atoms with Crippen molar-refractivity contribution in [1.82, 2.24) is 5.06 Å². The number of halogens is 1. The van der Waals surface area contributed by atoms with Crippen LogP contribution < -0.4 is 0 Å². The highest BCUT2D eigenvalue weighted by Crippen LogP contribution is 2.37. The van der Waals surface area contributed by atoms with Crippen molar-refractivity contribution in [3.05, 3.63) is 9.66 Å². The zero-order valence-electron chi connectivity index (χ0n) is 8.02. The van der Waals surface area contributed by atoms with Gasteiger partial charge in [0.15, 0.2) is 0 Å². The fourth-order valence-electron chi connectivity index (χ4n) is 1.76. The number of hydroxylamine groups is 2. The largest absolute Gasteiger partial charge is 0.140 e. The average Bonchev–Trinajstić information content (AvgIpc) is 1.80. The Kier molecular flexibility index (Phi) is 2.58. The predicted molar refractivity (Wildman–Crippen MR) is 57.4 cm³/mol. The Morgan fingerprint density at radius 2 is 1.92 bits per heavy atom. The Hall–Kier alpha value is 0.390. The second kappa shape index (κ2) is 2.96. The molecule has 12 heavy (non-hydrogen) atoms. The zero-order valence-corrected chi connectivity index (χ0v) is 10.2.